The maximum atomic E-state index is 15.0. The van der Waals surface area contributed by atoms with Crippen LogP contribution >= 0.6 is 0 Å². The molecule has 0 saturated heterocycles. The van der Waals surface area contributed by atoms with Gasteiger partial charge in [-0.3, -0.25) is 33.6 Å². The van der Waals surface area contributed by atoms with Crippen LogP contribution in [-0.4, -0.2) is 61.3 Å². The molecule has 0 radical (unpaired) electrons. The summed E-state index contributed by atoms with van der Waals surface area (Å²) in [6.45, 7) is 7.67. The van der Waals surface area contributed by atoms with Crippen molar-refractivity contribution in [3.05, 3.63) is 271 Å². The van der Waals surface area contributed by atoms with Crippen molar-refractivity contribution in [3.63, 3.8) is 0 Å². The molecule has 97 heavy (non-hydrogen) atoms. The lowest BCUT2D eigenvalue weighted by molar-refractivity contribution is 0.0474. The first-order valence-electron chi connectivity index (χ1n) is 33.4. The number of nitrogens with zero attached hydrogens (tertiary/aromatic N) is 4. The van der Waals surface area contributed by atoms with Gasteiger partial charge in [-0.2, -0.15) is 0 Å². The quantitative estimate of drug-likeness (QED) is 0.0486. The molecule has 0 bridgehead atoms. The van der Waals surface area contributed by atoms with Crippen molar-refractivity contribution < 1.29 is 47.8 Å². The van der Waals surface area contributed by atoms with Gasteiger partial charge in [-0.05, 0) is 213 Å². The number of ketones is 1. The summed E-state index contributed by atoms with van der Waals surface area (Å²) < 4.78 is 12.2. The van der Waals surface area contributed by atoms with Crippen molar-refractivity contribution in [1.29, 1.82) is 0 Å². The third kappa shape index (κ3) is 11.5. The van der Waals surface area contributed by atoms with Gasteiger partial charge in [0.15, 0.2) is 5.78 Å². The number of aryl methyl sites for hydroxylation is 5. The number of hydrogen-bond donors (Lipinski definition) is 0. The lowest BCUT2D eigenvalue weighted by atomic mass is 9.85. The van der Waals surface area contributed by atoms with Gasteiger partial charge < -0.3 is 19.3 Å². The largest absolute Gasteiger partial charge is 0.457 e. The van der Waals surface area contributed by atoms with Gasteiger partial charge in [0, 0.05) is 92.4 Å². The number of ether oxygens (including phenoxy) is 2. The van der Waals surface area contributed by atoms with Crippen molar-refractivity contribution in [2.24, 2.45) is 0 Å². The van der Waals surface area contributed by atoms with E-state index in [0.29, 0.717) is 52.5 Å². The average Bonchev–Trinajstić information content (AvgIpc) is 0.932. The van der Waals surface area contributed by atoms with E-state index in [-0.39, 0.29) is 84.9 Å². The Morgan fingerprint density at radius 2 is 0.784 bits per heavy atom. The minimum Gasteiger partial charge on any atom is -0.457 e. The standard InChI is InChI=1S/C83H72N4O10/c1-48-43-56(54-21-13-14-22-54)44-49(2)75(48)86-79(91)65-35-34-62(70(88)42-25-52-17-9-7-10-18-52)71-63(36-38-66(72(65)71)80(86)92)77(89)84(5)58-26-30-60(31-27-58)97-61-32-28-59(29-33-61)85(6)78(90)64-37-39-67-73-68(40-41-69(74(64)73)83(95)96-47-53-19-11-8-12-20-53)82(94)87(81(67)93)76-50(3)45-57(46-51(76)4)55-23-15-16-24-55/h7-12,17-20,26-41,43-46,54-55H,13-16,21-25,42,47H2,1-6H3. The Labute approximate surface area is 563 Å². The van der Waals surface area contributed by atoms with Gasteiger partial charge in [0.05, 0.1) is 16.9 Å². The number of carbonyl (C=O) groups excluding carboxylic acids is 8. The first kappa shape index (κ1) is 63.3. The lowest BCUT2D eigenvalue weighted by Gasteiger charge is -2.31. The van der Waals surface area contributed by atoms with Crippen LogP contribution in [0.4, 0.5) is 22.7 Å². The zero-order valence-corrected chi connectivity index (χ0v) is 55.1. The van der Waals surface area contributed by atoms with Crippen molar-refractivity contribution in [2.45, 2.75) is 110 Å². The second-order valence-electron chi connectivity index (χ2n) is 26.3. The van der Waals surface area contributed by atoms with E-state index in [1.807, 2.05) is 88.4 Å². The van der Waals surface area contributed by atoms with Gasteiger partial charge in [0.25, 0.3) is 35.4 Å². The molecule has 2 saturated carbocycles. The molecule has 2 aliphatic carbocycles. The molecular weight excluding hydrogens is 1210 g/mol. The minimum atomic E-state index is -0.733. The molecule has 10 aromatic carbocycles. The van der Waals surface area contributed by atoms with Crippen LogP contribution in [-0.2, 0) is 17.8 Å². The van der Waals surface area contributed by atoms with Gasteiger partial charge in [0.1, 0.15) is 18.1 Å². The second-order valence-corrected chi connectivity index (χ2v) is 26.3. The van der Waals surface area contributed by atoms with Crippen LogP contribution in [0.2, 0.25) is 0 Å². The Balaban J connectivity index is 0.722. The fourth-order valence-corrected chi connectivity index (χ4v) is 15.3. The van der Waals surface area contributed by atoms with Crippen molar-refractivity contribution in [3.8, 4) is 11.5 Å². The highest BCUT2D eigenvalue weighted by Crippen LogP contribution is 2.45. The Morgan fingerprint density at radius 3 is 1.19 bits per heavy atom. The molecule has 14 rings (SSSR count). The molecule has 0 aromatic heterocycles. The third-order valence-corrected chi connectivity index (χ3v) is 20.2. The molecule has 2 fully saturated rings. The highest BCUT2D eigenvalue weighted by atomic mass is 16.5. The fourth-order valence-electron chi connectivity index (χ4n) is 15.3. The van der Waals surface area contributed by atoms with E-state index < -0.39 is 41.4 Å². The van der Waals surface area contributed by atoms with E-state index >= 15 is 4.79 Å². The Morgan fingerprint density at radius 1 is 0.423 bits per heavy atom. The summed E-state index contributed by atoms with van der Waals surface area (Å²) in [5.74, 6) is -2.43. The number of hydrogen-bond acceptors (Lipinski definition) is 10. The maximum absolute atomic E-state index is 15.0. The van der Waals surface area contributed by atoms with Crippen molar-refractivity contribution in [1.82, 2.24) is 0 Å². The van der Waals surface area contributed by atoms with Crippen LogP contribution in [0.25, 0.3) is 21.5 Å². The first-order valence-corrected chi connectivity index (χ1v) is 33.4. The van der Waals surface area contributed by atoms with Gasteiger partial charge in [-0.25, -0.2) is 14.6 Å². The number of rotatable bonds is 17. The number of Topliss-reactive ketones (excluding diaryl/α,β-unsaturated/α-hetero) is 1. The van der Waals surface area contributed by atoms with Crippen LogP contribution in [0.1, 0.15) is 197 Å². The van der Waals surface area contributed by atoms with Gasteiger partial charge in [-0.1, -0.05) is 111 Å². The van der Waals surface area contributed by atoms with Crippen LogP contribution < -0.4 is 24.3 Å². The molecule has 484 valence electrons. The molecule has 4 aliphatic rings. The fraction of sp³-hybridized carbons (Fsp3) is 0.229. The molecule has 0 N–H and O–H groups in total. The highest BCUT2D eigenvalue weighted by molar-refractivity contribution is 6.40. The molecule has 10 aromatic rings. The monoisotopic (exact) mass is 1280 g/mol. The Hall–Kier alpha value is -11.1. The van der Waals surface area contributed by atoms with Gasteiger partial charge >= 0.3 is 5.97 Å². The molecule has 6 amide bonds. The molecule has 0 spiro atoms. The molecule has 0 atom stereocenters. The molecule has 2 heterocycles. The summed E-state index contributed by atoms with van der Waals surface area (Å²) in [6, 6.07) is 53.4. The summed E-state index contributed by atoms with van der Waals surface area (Å²) in [6.07, 6.45) is 9.65. The summed E-state index contributed by atoms with van der Waals surface area (Å²) in [5, 5.41) is 0.836. The minimum absolute atomic E-state index is 0.0246. The average molecular weight is 1290 g/mol. The van der Waals surface area contributed by atoms with Crippen molar-refractivity contribution in [2.75, 3.05) is 33.7 Å². The molecule has 14 nitrogen and oxygen atoms in total. The van der Waals surface area contributed by atoms with Crippen LogP contribution in [0.15, 0.2) is 182 Å². The SMILES string of the molecule is Cc1cc(C2CCCC2)cc(C)c1N1C(=O)c2ccc(C(=O)CCc3ccccc3)c3c(C(=O)N(C)c4ccc(Oc5ccc(N(C)C(=O)c6ccc7c8c(ccc(C(=O)OCc9ccccc9)c68)C(=O)N(c6c(C)cc(C8CCCC8)cc6C)C7=O)cc5)cc4)ccc(c23)C1=O. The zero-order valence-electron chi connectivity index (χ0n) is 55.1. The predicted molar refractivity (Wildman–Crippen MR) is 378 cm³/mol. The number of anilines is 4. The van der Waals surface area contributed by atoms with E-state index in [1.54, 1.807) is 93.0 Å². The first-order chi connectivity index (χ1) is 46.9. The normalized spacial score (nSPS) is 14.6. The number of esters is 1. The number of carbonyl (C=O) groups is 8. The summed E-state index contributed by atoms with van der Waals surface area (Å²) in [4.78, 5) is 124. The van der Waals surface area contributed by atoms with Crippen LogP contribution in [0, 0.1) is 27.7 Å². The Kier molecular flexibility index (Phi) is 16.9. The van der Waals surface area contributed by atoms with E-state index in [0.717, 1.165) is 59.1 Å². The summed E-state index contributed by atoms with van der Waals surface area (Å²) in [7, 11) is 3.21. The second kappa shape index (κ2) is 25.9. The maximum Gasteiger partial charge on any atom is 0.339 e. The van der Waals surface area contributed by atoms with E-state index in [4.69, 9.17) is 9.47 Å². The molecule has 14 heteroatoms. The summed E-state index contributed by atoms with van der Waals surface area (Å²) in [5.41, 5.74) is 10.7. The predicted octanol–water partition coefficient (Wildman–Crippen LogP) is 17.7. The van der Waals surface area contributed by atoms with Gasteiger partial charge in [-0.15, -0.1) is 0 Å². The highest BCUT2D eigenvalue weighted by Gasteiger charge is 2.41. The molecule has 0 unspecified atom stereocenters. The third-order valence-electron chi connectivity index (χ3n) is 20.2. The zero-order chi connectivity index (χ0) is 67.5. The van der Waals surface area contributed by atoms with E-state index in [2.05, 4.69) is 24.3 Å². The van der Waals surface area contributed by atoms with Crippen LogP contribution in [0.5, 0.6) is 11.5 Å². The van der Waals surface area contributed by atoms with Crippen LogP contribution in [0.3, 0.4) is 0 Å². The lowest BCUT2D eigenvalue weighted by Crippen LogP contribution is -2.41. The molecule has 2 aliphatic heterocycles. The topological polar surface area (TPSA) is 168 Å². The number of amides is 6. The summed E-state index contributed by atoms with van der Waals surface area (Å²) >= 11 is 0. The van der Waals surface area contributed by atoms with E-state index in [9.17, 15) is 33.6 Å². The van der Waals surface area contributed by atoms with Gasteiger partial charge in [0.2, 0.25) is 0 Å². The Bertz CT molecular complexity index is 4530. The number of benzene rings is 10. The smallest absolute Gasteiger partial charge is 0.339 e. The number of imide groups is 2. The van der Waals surface area contributed by atoms with Crippen molar-refractivity contribution >= 4 is 91.5 Å². The van der Waals surface area contributed by atoms with E-state index in [1.165, 1.54) is 74.6 Å². The molecular formula is C83H72N4O10.